The van der Waals surface area contributed by atoms with Gasteiger partial charge in [-0.05, 0) is 5.56 Å². The summed E-state index contributed by atoms with van der Waals surface area (Å²) in [6.45, 7) is 2.83. The van der Waals surface area contributed by atoms with E-state index in [1.54, 1.807) is 0 Å². The number of imide groups is 1. The fourth-order valence-electron chi connectivity index (χ4n) is 2.51. The summed E-state index contributed by atoms with van der Waals surface area (Å²) in [7, 11) is 0. The van der Waals surface area contributed by atoms with Gasteiger partial charge in [0.25, 0.3) is 5.91 Å². The lowest BCUT2D eigenvalue weighted by atomic mass is 10.00. The highest BCUT2D eigenvalue weighted by Gasteiger charge is 2.25. The van der Waals surface area contributed by atoms with Gasteiger partial charge in [-0.1, -0.05) is 67.6 Å². The van der Waals surface area contributed by atoms with Crippen LogP contribution in [0.25, 0.3) is 0 Å². The smallest absolute Gasteiger partial charge is 0.319 e. The third kappa shape index (κ3) is 4.93. The fraction of sp³-hybridized carbons (Fsp3) is 0.222. The Balaban J connectivity index is 2.09. The Bertz CT molecular complexity index is 644. The first kappa shape index (κ1) is 16.7. The summed E-state index contributed by atoms with van der Waals surface area (Å²) in [6.07, 6.45) is 0. The third-order valence-electron chi connectivity index (χ3n) is 3.78. The van der Waals surface area contributed by atoms with Crippen LogP contribution in [-0.2, 0) is 4.79 Å². The molecule has 0 fully saturated rings. The van der Waals surface area contributed by atoms with Crippen molar-refractivity contribution >= 4 is 11.9 Å². The molecule has 0 spiro atoms. The number of hydrogen-bond acceptors (Lipinski definition) is 2. The van der Waals surface area contributed by atoms with E-state index >= 15 is 0 Å². The first-order valence-electron chi connectivity index (χ1n) is 7.61. The van der Waals surface area contributed by atoms with Gasteiger partial charge in [-0.25, -0.2) is 4.79 Å². The molecule has 2 rings (SSSR count). The number of carbonyl (C=O) groups excluding carboxylic acids is 2. The molecular formula is C18H22N3O2+. The standard InChI is InChI=1S/C18H21N3O2/c1-13(14-8-4-2-5-9-14)12-20-16(17(22)21-18(19)23)15-10-6-3-7-11-15/h2-11,13,16,20H,12H2,1H3,(H3,19,21,22,23)/p+1/t13-,16-/m1/s1. The quantitative estimate of drug-likeness (QED) is 0.750. The summed E-state index contributed by atoms with van der Waals surface area (Å²) in [4.78, 5) is 23.2. The van der Waals surface area contributed by atoms with Crippen molar-refractivity contribution in [3.63, 3.8) is 0 Å². The van der Waals surface area contributed by atoms with Gasteiger partial charge in [0, 0.05) is 11.5 Å². The van der Waals surface area contributed by atoms with Gasteiger partial charge in [-0.3, -0.25) is 10.1 Å². The maximum Gasteiger partial charge on any atom is 0.319 e. The molecule has 2 atom stereocenters. The van der Waals surface area contributed by atoms with Crippen LogP contribution in [0, 0.1) is 0 Å². The molecule has 120 valence electrons. The van der Waals surface area contributed by atoms with Crippen LogP contribution in [0.3, 0.4) is 0 Å². The highest BCUT2D eigenvalue weighted by atomic mass is 16.2. The van der Waals surface area contributed by atoms with Crippen molar-refractivity contribution in [1.29, 1.82) is 0 Å². The molecule has 5 nitrogen and oxygen atoms in total. The first-order chi connectivity index (χ1) is 11.1. The fourth-order valence-corrected chi connectivity index (χ4v) is 2.51. The molecule has 0 saturated carbocycles. The third-order valence-corrected chi connectivity index (χ3v) is 3.78. The molecule has 3 amide bonds. The Morgan fingerprint density at radius 2 is 1.52 bits per heavy atom. The average molecular weight is 312 g/mol. The minimum absolute atomic E-state index is 0.281. The van der Waals surface area contributed by atoms with Gasteiger partial charge in [0.1, 0.15) is 0 Å². The van der Waals surface area contributed by atoms with Crippen LogP contribution >= 0.6 is 0 Å². The van der Waals surface area contributed by atoms with E-state index in [9.17, 15) is 9.59 Å². The number of carbonyl (C=O) groups is 2. The number of hydrogen-bond donors (Lipinski definition) is 3. The van der Waals surface area contributed by atoms with E-state index < -0.39 is 18.0 Å². The molecule has 0 aliphatic carbocycles. The highest BCUT2D eigenvalue weighted by molar-refractivity contribution is 5.96. The minimum Gasteiger partial charge on any atom is -0.351 e. The Morgan fingerprint density at radius 1 is 1.00 bits per heavy atom. The molecule has 2 aromatic rings. The normalized spacial score (nSPS) is 13.1. The van der Waals surface area contributed by atoms with E-state index in [1.807, 2.05) is 53.8 Å². The van der Waals surface area contributed by atoms with Crippen LogP contribution in [0.1, 0.15) is 30.0 Å². The first-order valence-corrected chi connectivity index (χ1v) is 7.61. The number of rotatable bonds is 6. The van der Waals surface area contributed by atoms with Gasteiger partial charge in [0.05, 0.1) is 6.54 Å². The van der Waals surface area contributed by atoms with Gasteiger partial charge in [-0.2, -0.15) is 0 Å². The summed E-state index contributed by atoms with van der Waals surface area (Å²) >= 11 is 0. The summed E-state index contributed by atoms with van der Waals surface area (Å²) in [5.74, 6) is -0.118. The van der Waals surface area contributed by atoms with E-state index in [4.69, 9.17) is 5.73 Å². The monoisotopic (exact) mass is 312 g/mol. The molecule has 0 unspecified atom stereocenters. The van der Waals surface area contributed by atoms with Crippen molar-refractivity contribution in [2.75, 3.05) is 6.54 Å². The number of amides is 3. The predicted molar refractivity (Wildman–Crippen MR) is 88.6 cm³/mol. The van der Waals surface area contributed by atoms with Crippen molar-refractivity contribution in [3.8, 4) is 0 Å². The second-order valence-corrected chi connectivity index (χ2v) is 5.52. The SMILES string of the molecule is C[C@H](C[NH2+][C@@H](C(=O)NC(N)=O)c1ccccc1)c1ccccc1. The van der Waals surface area contributed by atoms with Crippen molar-refractivity contribution in [2.45, 2.75) is 18.9 Å². The number of nitrogens with two attached hydrogens (primary N) is 2. The Hall–Kier alpha value is -2.66. The van der Waals surface area contributed by atoms with Crippen LogP contribution in [0.4, 0.5) is 4.79 Å². The van der Waals surface area contributed by atoms with Crippen LogP contribution < -0.4 is 16.4 Å². The maximum absolute atomic E-state index is 12.3. The molecule has 0 bridgehead atoms. The number of quaternary nitrogens is 1. The topological polar surface area (TPSA) is 88.8 Å². The van der Waals surface area contributed by atoms with Crippen molar-refractivity contribution in [1.82, 2.24) is 5.32 Å². The molecule has 0 aliphatic heterocycles. The van der Waals surface area contributed by atoms with Crippen LogP contribution in [0.5, 0.6) is 0 Å². The maximum atomic E-state index is 12.3. The van der Waals surface area contributed by atoms with E-state index in [1.165, 1.54) is 5.56 Å². The van der Waals surface area contributed by atoms with E-state index in [0.717, 1.165) is 12.1 Å². The summed E-state index contributed by atoms with van der Waals surface area (Å²) in [5, 5.41) is 4.11. The summed E-state index contributed by atoms with van der Waals surface area (Å²) in [5.41, 5.74) is 7.12. The largest absolute Gasteiger partial charge is 0.351 e. The summed E-state index contributed by atoms with van der Waals surface area (Å²) < 4.78 is 0. The lowest BCUT2D eigenvalue weighted by Gasteiger charge is -2.17. The molecule has 0 heterocycles. The Kier molecular flexibility index (Phi) is 5.88. The zero-order chi connectivity index (χ0) is 16.7. The Morgan fingerprint density at radius 3 is 2.04 bits per heavy atom. The van der Waals surface area contributed by atoms with Crippen LogP contribution in [0.15, 0.2) is 60.7 Å². The zero-order valence-corrected chi connectivity index (χ0v) is 13.1. The lowest BCUT2D eigenvalue weighted by molar-refractivity contribution is -0.684. The van der Waals surface area contributed by atoms with Gasteiger partial charge in [0.2, 0.25) is 0 Å². The summed E-state index contributed by atoms with van der Waals surface area (Å²) in [6, 6.07) is 18.1. The molecule has 5 N–H and O–H groups in total. The average Bonchev–Trinajstić information content (AvgIpc) is 2.56. The van der Waals surface area contributed by atoms with Gasteiger partial charge < -0.3 is 11.1 Å². The number of urea groups is 1. The molecular weight excluding hydrogens is 290 g/mol. The predicted octanol–water partition coefficient (Wildman–Crippen LogP) is 1.29. The Labute approximate surface area is 135 Å². The second-order valence-electron chi connectivity index (χ2n) is 5.52. The molecule has 0 saturated heterocycles. The van der Waals surface area contributed by atoms with E-state index in [0.29, 0.717) is 0 Å². The minimum atomic E-state index is -0.833. The van der Waals surface area contributed by atoms with Crippen molar-refractivity contribution < 1.29 is 14.9 Å². The second kappa shape index (κ2) is 8.10. The molecule has 0 aliphatic rings. The van der Waals surface area contributed by atoms with E-state index in [-0.39, 0.29) is 5.92 Å². The number of nitrogens with one attached hydrogen (secondary N) is 1. The van der Waals surface area contributed by atoms with Gasteiger partial charge in [-0.15, -0.1) is 0 Å². The molecule has 0 aromatic heterocycles. The van der Waals surface area contributed by atoms with Gasteiger partial charge in [0.15, 0.2) is 6.04 Å². The van der Waals surface area contributed by atoms with Crippen molar-refractivity contribution in [3.05, 3.63) is 71.8 Å². The van der Waals surface area contributed by atoms with Gasteiger partial charge >= 0.3 is 6.03 Å². The van der Waals surface area contributed by atoms with Crippen molar-refractivity contribution in [2.24, 2.45) is 5.73 Å². The van der Waals surface area contributed by atoms with Crippen LogP contribution in [0.2, 0.25) is 0 Å². The van der Waals surface area contributed by atoms with Crippen LogP contribution in [-0.4, -0.2) is 18.5 Å². The molecule has 2 aromatic carbocycles. The number of primary amides is 1. The molecule has 5 heteroatoms. The molecule has 23 heavy (non-hydrogen) atoms. The molecule has 0 radical (unpaired) electrons. The highest BCUT2D eigenvalue weighted by Crippen LogP contribution is 2.13. The number of benzene rings is 2. The lowest BCUT2D eigenvalue weighted by Crippen LogP contribution is -2.88. The van der Waals surface area contributed by atoms with E-state index in [2.05, 4.69) is 24.4 Å². The zero-order valence-electron chi connectivity index (χ0n) is 13.1.